The Morgan fingerprint density at radius 3 is 1.79 bits per heavy atom. The number of unbranched alkanes of at least 4 members (excludes halogenated alkanes) is 1. The lowest BCUT2D eigenvalue weighted by Gasteiger charge is -2.28. The van der Waals surface area contributed by atoms with E-state index in [-0.39, 0.29) is 17.8 Å². The average Bonchev–Trinajstić information content (AvgIpc) is 2.78. The van der Waals surface area contributed by atoms with Crippen molar-refractivity contribution in [2.75, 3.05) is 6.54 Å². The van der Waals surface area contributed by atoms with Gasteiger partial charge in [-0.1, -0.05) is 54.4 Å². The summed E-state index contributed by atoms with van der Waals surface area (Å²) in [6, 6.07) is -3.62. The van der Waals surface area contributed by atoms with Crippen LogP contribution in [0.3, 0.4) is 0 Å². The molecule has 6 unspecified atom stereocenters. The second kappa shape index (κ2) is 16.4. The first-order chi connectivity index (χ1) is 15.9. The molecule has 0 radical (unpaired) electrons. The van der Waals surface area contributed by atoms with Gasteiger partial charge in [-0.15, -0.1) is 0 Å². The van der Waals surface area contributed by atoms with Crippen molar-refractivity contribution in [1.82, 2.24) is 16.0 Å². The summed E-state index contributed by atoms with van der Waals surface area (Å²) in [6.45, 7) is 11.7. The smallest absolute Gasteiger partial charge is 0.326 e. The van der Waals surface area contributed by atoms with E-state index in [9.17, 15) is 24.3 Å². The Morgan fingerprint density at radius 1 is 0.794 bits per heavy atom. The van der Waals surface area contributed by atoms with Gasteiger partial charge in [0, 0.05) is 0 Å². The molecule has 0 aromatic heterocycles. The van der Waals surface area contributed by atoms with Crippen molar-refractivity contribution in [3.8, 4) is 0 Å². The van der Waals surface area contributed by atoms with Gasteiger partial charge < -0.3 is 32.5 Å². The van der Waals surface area contributed by atoms with Crippen molar-refractivity contribution in [1.29, 1.82) is 0 Å². The maximum Gasteiger partial charge on any atom is 0.326 e. The predicted molar refractivity (Wildman–Crippen MR) is 133 cm³/mol. The maximum atomic E-state index is 13.1. The van der Waals surface area contributed by atoms with Gasteiger partial charge in [-0.05, 0) is 50.0 Å². The van der Waals surface area contributed by atoms with E-state index in [2.05, 4.69) is 16.0 Å². The van der Waals surface area contributed by atoms with Crippen LogP contribution in [0.4, 0.5) is 0 Å². The van der Waals surface area contributed by atoms with Gasteiger partial charge in [0.15, 0.2) is 0 Å². The predicted octanol–water partition coefficient (Wildman–Crippen LogP) is 1.12. The van der Waals surface area contributed by atoms with Gasteiger partial charge in [0.2, 0.25) is 17.7 Å². The fourth-order valence-electron chi connectivity index (χ4n) is 3.45. The van der Waals surface area contributed by atoms with Gasteiger partial charge in [-0.3, -0.25) is 14.4 Å². The first-order valence-corrected chi connectivity index (χ1v) is 12.5. The molecule has 0 spiro atoms. The Bertz CT molecular complexity index is 658. The van der Waals surface area contributed by atoms with Crippen LogP contribution in [0.15, 0.2) is 0 Å². The Morgan fingerprint density at radius 2 is 1.32 bits per heavy atom. The van der Waals surface area contributed by atoms with Crippen LogP contribution in [0.2, 0.25) is 0 Å². The van der Waals surface area contributed by atoms with E-state index >= 15 is 0 Å². The second-order valence-electron chi connectivity index (χ2n) is 9.66. The summed E-state index contributed by atoms with van der Waals surface area (Å²) in [7, 11) is 0. The van der Waals surface area contributed by atoms with E-state index in [4.69, 9.17) is 11.5 Å². The van der Waals surface area contributed by atoms with Gasteiger partial charge in [0.05, 0.1) is 6.04 Å². The molecule has 0 rings (SSSR count). The number of rotatable bonds is 17. The van der Waals surface area contributed by atoms with Crippen LogP contribution < -0.4 is 27.4 Å². The third kappa shape index (κ3) is 11.3. The van der Waals surface area contributed by atoms with Crippen LogP contribution in [-0.4, -0.2) is 59.5 Å². The summed E-state index contributed by atoms with van der Waals surface area (Å²) in [4.78, 5) is 50.4. The molecule has 0 aliphatic rings. The van der Waals surface area contributed by atoms with Crippen molar-refractivity contribution in [3.63, 3.8) is 0 Å². The number of carbonyl (C=O) groups is 4. The lowest BCUT2D eigenvalue weighted by molar-refractivity contribution is -0.144. The molecule has 198 valence electrons. The van der Waals surface area contributed by atoms with Crippen molar-refractivity contribution < 1.29 is 24.3 Å². The molecule has 0 heterocycles. The Balaban J connectivity index is 5.58. The molecule has 0 aromatic carbocycles. The number of nitrogens with one attached hydrogen (secondary N) is 3. The number of amides is 3. The average molecular weight is 486 g/mol. The third-order valence-corrected chi connectivity index (χ3v) is 6.26. The van der Waals surface area contributed by atoms with E-state index in [1.807, 2.05) is 34.6 Å². The van der Waals surface area contributed by atoms with E-state index in [0.29, 0.717) is 38.6 Å². The highest BCUT2D eigenvalue weighted by Crippen LogP contribution is 2.12. The summed E-state index contributed by atoms with van der Waals surface area (Å²) < 4.78 is 0. The molecule has 0 saturated heterocycles. The van der Waals surface area contributed by atoms with Crippen LogP contribution in [0.5, 0.6) is 0 Å². The zero-order valence-electron chi connectivity index (χ0n) is 21.7. The van der Waals surface area contributed by atoms with Crippen molar-refractivity contribution in [2.45, 2.75) is 104 Å². The molecule has 0 saturated carbocycles. The number of carbonyl (C=O) groups excluding carboxylic acids is 3. The summed E-state index contributed by atoms with van der Waals surface area (Å²) in [5.74, 6) is -2.87. The highest BCUT2D eigenvalue weighted by molar-refractivity contribution is 5.94. The van der Waals surface area contributed by atoms with Gasteiger partial charge >= 0.3 is 5.97 Å². The first-order valence-electron chi connectivity index (χ1n) is 12.5. The normalized spacial score (nSPS) is 16.6. The number of nitrogens with two attached hydrogens (primary N) is 2. The maximum absolute atomic E-state index is 13.1. The number of carboxylic acids is 1. The molecule has 0 aliphatic carbocycles. The van der Waals surface area contributed by atoms with Crippen molar-refractivity contribution in [2.24, 2.45) is 29.2 Å². The van der Waals surface area contributed by atoms with E-state index in [1.165, 1.54) is 0 Å². The van der Waals surface area contributed by atoms with Crippen molar-refractivity contribution >= 4 is 23.7 Å². The Kier molecular flexibility index (Phi) is 15.4. The molecule has 3 amide bonds. The molecule has 10 heteroatoms. The van der Waals surface area contributed by atoms with E-state index < -0.39 is 47.9 Å². The quantitative estimate of drug-likeness (QED) is 0.167. The molecule has 0 bridgehead atoms. The fraction of sp³-hybridized carbons (Fsp3) is 0.833. The van der Waals surface area contributed by atoms with Gasteiger partial charge in [0.1, 0.15) is 18.1 Å². The van der Waals surface area contributed by atoms with Crippen molar-refractivity contribution in [3.05, 3.63) is 0 Å². The fourth-order valence-corrected chi connectivity index (χ4v) is 3.45. The monoisotopic (exact) mass is 485 g/mol. The number of hydrogen-bond acceptors (Lipinski definition) is 6. The molecule has 6 atom stereocenters. The van der Waals surface area contributed by atoms with E-state index in [0.717, 1.165) is 6.42 Å². The summed E-state index contributed by atoms with van der Waals surface area (Å²) in [5, 5.41) is 17.6. The summed E-state index contributed by atoms with van der Waals surface area (Å²) >= 11 is 0. The topological polar surface area (TPSA) is 177 Å². The number of carboxylic acid groups (broad SMARTS) is 1. The molecule has 0 aliphatic heterocycles. The molecular weight excluding hydrogens is 438 g/mol. The highest BCUT2D eigenvalue weighted by atomic mass is 16.4. The summed E-state index contributed by atoms with van der Waals surface area (Å²) in [5.41, 5.74) is 11.6. The standard InChI is InChI=1S/C24H47N5O5/c1-7-15(5)19(26)23(32)27-17(11-9-10-12-25)21(30)28-18(13-14(3)4)22(31)29-20(24(33)34)16(6)8-2/h14-20H,7-13,25-26H2,1-6H3,(H,27,32)(H,28,30)(H,29,31)(H,33,34). The largest absolute Gasteiger partial charge is 0.480 e. The van der Waals surface area contributed by atoms with E-state index in [1.54, 1.807) is 6.92 Å². The molecule has 8 N–H and O–H groups in total. The highest BCUT2D eigenvalue weighted by Gasteiger charge is 2.32. The second-order valence-corrected chi connectivity index (χ2v) is 9.66. The van der Waals surface area contributed by atoms with Crippen LogP contribution >= 0.6 is 0 Å². The zero-order chi connectivity index (χ0) is 26.4. The lowest BCUT2D eigenvalue weighted by atomic mass is 9.97. The Hall–Kier alpha value is -2.20. The minimum absolute atomic E-state index is 0.0549. The number of hydrogen-bond donors (Lipinski definition) is 6. The first kappa shape index (κ1) is 31.8. The molecule has 0 fully saturated rings. The summed E-state index contributed by atoms with van der Waals surface area (Å²) in [6.07, 6.45) is 3.26. The third-order valence-electron chi connectivity index (χ3n) is 6.26. The van der Waals surface area contributed by atoms with Crippen LogP contribution in [-0.2, 0) is 19.2 Å². The zero-order valence-corrected chi connectivity index (χ0v) is 21.7. The van der Waals surface area contributed by atoms with Crippen LogP contribution in [0.1, 0.15) is 80.1 Å². The SMILES string of the molecule is CCC(C)C(N)C(=O)NC(CCCCN)C(=O)NC(CC(C)C)C(=O)NC(C(=O)O)C(C)CC. The van der Waals surface area contributed by atoms with Gasteiger partial charge in [0.25, 0.3) is 0 Å². The molecular formula is C24H47N5O5. The van der Waals surface area contributed by atoms with Crippen LogP contribution in [0, 0.1) is 17.8 Å². The molecule has 34 heavy (non-hydrogen) atoms. The molecule has 0 aromatic rings. The van der Waals surface area contributed by atoms with Gasteiger partial charge in [-0.2, -0.15) is 0 Å². The van der Waals surface area contributed by atoms with Gasteiger partial charge in [-0.25, -0.2) is 4.79 Å². The Labute approximate surface area is 204 Å². The lowest BCUT2D eigenvalue weighted by Crippen LogP contribution is -2.58. The molecule has 10 nitrogen and oxygen atoms in total. The number of aliphatic carboxylic acids is 1. The minimum atomic E-state index is -1.12. The van der Waals surface area contributed by atoms with Crippen LogP contribution in [0.25, 0.3) is 0 Å². The minimum Gasteiger partial charge on any atom is -0.480 e.